The number of nitrogens with zero attached hydrogens (tertiary/aromatic N) is 4. The number of carboxylic acids is 1. The number of benzene rings is 2. The Labute approximate surface area is 264 Å². The first kappa shape index (κ1) is 31.6. The van der Waals surface area contributed by atoms with Gasteiger partial charge in [0, 0.05) is 48.7 Å². The maximum absolute atomic E-state index is 12.7. The molecule has 9 nitrogen and oxygen atoms in total. The van der Waals surface area contributed by atoms with Crippen LogP contribution < -0.4 is 10.2 Å². The Morgan fingerprint density at radius 2 is 1.80 bits per heavy atom. The van der Waals surface area contributed by atoms with Crippen molar-refractivity contribution in [2.24, 2.45) is 5.92 Å². The number of rotatable bonds is 13. The first-order chi connectivity index (χ1) is 21.8. The Hall–Kier alpha value is -4.84. The summed E-state index contributed by atoms with van der Waals surface area (Å²) in [5, 5.41) is 21.2. The first-order valence-corrected chi connectivity index (χ1v) is 15.8. The largest absolute Gasteiger partial charge is 0.480 e. The van der Waals surface area contributed by atoms with Crippen molar-refractivity contribution in [1.82, 2.24) is 14.9 Å². The number of nitriles is 1. The molecule has 1 aliphatic rings. The lowest BCUT2D eigenvalue weighted by Gasteiger charge is -2.36. The topological polar surface area (TPSA) is 124 Å². The predicted molar refractivity (Wildman–Crippen MR) is 173 cm³/mol. The zero-order chi connectivity index (χ0) is 31.8. The molecule has 0 bridgehead atoms. The summed E-state index contributed by atoms with van der Waals surface area (Å²) in [5.74, 6) is -0.823. The van der Waals surface area contributed by atoms with Crippen molar-refractivity contribution in [2.45, 2.75) is 77.4 Å². The van der Waals surface area contributed by atoms with Crippen molar-refractivity contribution in [1.29, 1.82) is 5.26 Å². The molecule has 9 heteroatoms. The molecule has 1 fully saturated rings. The van der Waals surface area contributed by atoms with Gasteiger partial charge < -0.3 is 24.3 Å². The van der Waals surface area contributed by atoms with Crippen LogP contribution in [0.4, 0.5) is 5.69 Å². The third-order valence-corrected chi connectivity index (χ3v) is 8.48. The second-order valence-corrected chi connectivity index (χ2v) is 12.3. The minimum Gasteiger partial charge on any atom is -0.480 e. The van der Waals surface area contributed by atoms with Gasteiger partial charge in [-0.2, -0.15) is 5.26 Å². The van der Waals surface area contributed by atoms with Crippen LogP contribution in [0, 0.1) is 17.2 Å². The van der Waals surface area contributed by atoms with E-state index in [1.807, 2.05) is 62.8 Å². The molecule has 5 rings (SSSR count). The summed E-state index contributed by atoms with van der Waals surface area (Å²) in [6, 6.07) is 20.9. The van der Waals surface area contributed by atoms with E-state index in [1.54, 1.807) is 12.1 Å². The van der Waals surface area contributed by atoms with Crippen LogP contribution in [0.15, 0.2) is 77.6 Å². The summed E-state index contributed by atoms with van der Waals surface area (Å²) >= 11 is 0. The fraction of sp³-hybridized carbons (Fsp3) is 0.389. The van der Waals surface area contributed by atoms with Crippen molar-refractivity contribution in [2.75, 3.05) is 11.4 Å². The van der Waals surface area contributed by atoms with Gasteiger partial charge in [0.15, 0.2) is 5.76 Å². The number of carbonyl (C=O) groups excluding carboxylic acids is 1. The average Bonchev–Trinajstić information content (AvgIpc) is 3.72. The molecule has 1 saturated carbocycles. The number of hydrogen-bond donors (Lipinski definition) is 2. The van der Waals surface area contributed by atoms with E-state index in [0.717, 1.165) is 48.3 Å². The molecule has 234 valence electrons. The molecule has 0 aliphatic heterocycles. The summed E-state index contributed by atoms with van der Waals surface area (Å²) in [7, 11) is 0. The molecule has 2 aromatic heterocycles. The summed E-state index contributed by atoms with van der Waals surface area (Å²) < 4.78 is 8.04. The summed E-state index contributed by atoms with van der Waals surface area (Å²) in [6.45, 7) is 5.40. The minimum atomic E-state index is -1.06. The van der Waals surface area contributed by atoms with E-state index in [4.69, 9.17) is 9.68 Å². The summed E-state index contributed by atoms with van der Waals surface area (Å²) in [5.41, 5.74) is 4.94. The van der Waals surface area contributed by atoms with Crippen molar-refractivity contribution >= 4 is 17.6 Å². The first-order valence-electron chi connectivity index (χ1n) is 15.8. The highest BCUT2D eigenvalue weighted by atomic mass is 16.4. The molecule has 1 aliphatic carbocycles. The molecule has 45 heavy (non-hydrogen) atoms. The third-order valence-electron chi connectivity index (χ3n) is 8.48. The Kier molecular flexibility index (Phi) is 10.4. The molecule has 4 aromatic rings. The maximum Gasteiger partial charge on any atom is 0.326 e. The standard InChI is InChI=1S/C36H41N5O4/c1-25(2)20-32(36(43)44)39-35(42)34-17-16-33(45-34)28-12-14-30(15-13-28)41(29-6-4-3-5-7-29)19-18-31-22-38-24-40(31)23-27-10-8-26(21-37)9-11-27/h8-17,22,24-25,29,32H,3-7,18-20,23H2,1-2H3,(H,39,42)(H,43,44). The van der Waals surface area contributed by atoms with Gasteiger partial charge in [-0.05, 0) is 79.3 Å². The van der Waals surface area contributed by atoms with Crippen LogP contribution in [0.3, 0.4) is 0 Å². The fourth-order valence-corrected chi connectivity index (χ4v) is 6.08. The SMILES string of the molecule is CC(C)CC(NC(=O)c1ccc(-c2ccc(N(CCc3cncn3Cc3ccc(C#N)cc3)C3CCCCC3)cc2)o1)C(=O)O. The van der Waals surface area contributed by atoms with E-state index in [2.05, 4.69) is 38.0 Å². The van der Waals surface area contributed by atoms with Crippen LogP contribution in [-0.2, 0) is 17.8 Å². The van der Waals surface area contributed by atoms with Crippen molar-refractivity contribution in [3.05, 3.63) is 95.8 Å². The maximum atomic E-state index is 12.7. The quantitative estimate of drug-likeness (QED) is 0.174. The predicted octanol–water partition coefficient (Wildman–Crippen LogP) is 6.67. The van der Waals surface area contributed by atoms with Gasteiger partial charge in [0.1, 0.15) is 11.8 Å². The van der Waals surface area contributed by atoms with Crippen molar-refractivity contribution in [3.63, 3.8) is 0 Å². The second-order valence-electron chi connectivity index (χ2n) is 12.3. The molecule has 2 aromatic carbocycles. The number of aliphatic carboxylic acids is 1. The van der Waals surface area contributed by atoms with Crippen LogP contribution in [0.2, 0.25) is 0 Å². The molecular weight excluding hydrogens is 566 g/mol. The summed E-state index contributed by atoms with van der Waals surface area (Å²) in [4.78, 5) is 31.3. The number of carbonyl (C=O) groups is 2. The monoisotopic (exact) mass is 607 g/mol. The molecule has 0 spiro atoms. The normalized spacial score (nSPS) is 14.2. The van der Waals surface area contributed by atoms with E-state index in [0.29, 0.717) is 30.3 Å². The van der Waals surface area contributed by atoms with E-state index < -0.39 is 17.9 Å². The molecule has 0 radical (unpaired) electrons. The number of aromatic nitrogens is 2. The van der Waals surface area contributed by atoms with Crippen molar-refractivity contribution in [3.8, 4) is 17.4 Å². The van der Waals surface area contributed by atoms with E-state index in [-0.39, 0.29) is 11.7 Å². The lowest BCUT2D eigenvalue weighted by molar-refractivity contribution is -0.139. The average molecular weight is 608 g/mol. The molecule has 1 amide bonds. The van der Waals surface area contributed by atoms with Gasteiger partial charge in [0.2, 0.25) is 0 Å². The minimum absolute atomic E-state index is 0.0885. The highest BCUT2D eigenvalue weighted by Crippen LogP contribution is 2.30. The molecule has 1 unspecified atom stereocenters. The second kappa shape index (κ2) is 14.8. The van der Waals surface area contributed by atoms with Crippen molar-refractivity contribution < 1.29 is 19.1 Å². The Balaban J connectivity index is 1.28. The van der Waals surface area contributed by atoms with Crippen LogP contribution in [0.1, 0.15) is 79.7 Å². The molecule has 2 N–H and O–H groups in total. The highest BCUT2D eigenvalue weighted by Gasteiger charge is 2.24. The van der Waals surface area contributed by atoms with Gasteiger partial charge >= 0.3 is 5.97 Å². The van der Waals surface area contributed by atoms with Gasteiger partial charge in [0.05, 0.1) is 18.0 Å². The molecule has 0 saturated heterocycles. The molecule has 1 atom stereocenters. The number of imidazole rings is 1. The molecular formula is C36H41N5O4. The zero-order valence-corrected chi connectivity index (χ0v) is 26.0. The Bertz CT molecular complexity index is 1610. The summed E-state index contributed by atoms with van der Waals surface area (Å²) in [6.07, 6.45) is 11.1. The van der Waals surface area contributed by atoms with Gasteiger partial charge in [-0.1, -0.05) is 45.2 Å². The van der Waals surface area contributed by atoms with Gasteiger partial charge in [0.25, 0.3) is 5.91 Å². The van der Waals surface area contributed by atoms with E-state index >= 15 is 0 Å². The molecule has 2 heterocycles. The lowest BCUT2D eigenvalue weighted by Crippen LogP contribution is -2.41. The Morgan fingerprint density at radius 1 is 1.07 bits per heavy atom. The number of carboxylic acid groups (broad SMARTS) is 1. The number of furan rings is 1. The zero-order valence-electron chi connectivity index (χ0n) is 26.0. The fourth-order valence-electron chi connectivity index (χ4n) is 6.08. The number of amides is 1. The van der Waals surface area contributed by atoms with Gasteiger partial charge in [-0.3, -0.25) is 4.79 Å². The van der Waals surface area contributed by atoms with Gasteiger partial charge in [-0.25, -0.2) is 9.78 Å². The third kappa shape index (κ3) is 8.21. The van der Waals surface area contributed by atoms with Gasteiger partial charge in [-0.15, -0.1) is 0 Å². The number of anilines is 1. The van der Waals surface area contributed by atoms with E-state index in [9.17, 15) is 14.7 Å². The lowest BCUT2D eigenvalue weighted by atomic mass is 9.93. The van der Waals surface area contributed by atoms with Crippen LogP contribution in [-0.4, -0.2) is 45.2 Å². The van der Waals surface area contributed by atoms with Crippen LogP contribution >= 0.6 is 0 Å². The smallest absolute Gasteiger partial charge is 0.326 e. The Morgan fingerprint density at radius 3 is 2.47 bits per heavy atom. The van der Waals surface area contributed by atoms with Crippen LogP contribution in [0.25, 0.3) is 11.3 Å². The highest BCUT2D eigenvalue weighted by molar-refractivity contribution is 5.94. The van der Waals surface area contributed by atoms with E-state index in [1.165, 1.54) is 19.3 Å². The number of hydrogen-bond acceptors (Lipinski definition) is 6. The van der Waals surface area contributed by atoms with Crippen LogP contribution in [0.5, 0.6) is 0 Å². The number of nitrogens with one attached hydrogen (secondary N) is 1.